The normalized spacial score (nSPS) is 20.8. The van der Waals surface area contributed by atoms with Gasteiger partial charge in [-0.1, -0.05) is 18.2 Å². The number of hydrogen-bond donors (Lipinski definition) is 0. The van der Waals surface area contributed by atoms with Crippen molar-refractivity contribution in [3.8, 4) is 0 Å². The summed E-state index contributed by atoms with van der Waals surface area (Å²) in [5.74, 6) is 0.437. The van der Waals surface area contributed by atoms with E-state index in [0.717, 1.165) is 23.9 Å². The summed E-state index contributed by atoms with van der Waals surface area (Å²) in [4.78, 5) is 34.9. The molecule has 9 heteroatoms. The number of pyridine rings is 1. The molecule has 2 aliphatic rings. The number of aromatic nitrogens is 1. The monoisotopic (exact) mass is 521 g/mol. The van der Waals surface area contributed by atoms with Gasteiger partial charge in [-0.2, -0.15) is 0 Å². The molecular formula is C29H40BN3O5. The SMILES string of the molecule is Cc1cccnc1N(C(=O)c1ccc(B2OC(C)(C)C(C)(C)O2)cc1)C1CCCN(C(=O)OC(C)(C)C)C1. The van der Waals surface area contributed by atoms with Crippen molar-refractivity contribution in [3.05, 3.63) is 53.7 Å². The van der Waals surface area contributed by atoms with Crippen molar-refractivity contribution in [2.75, 3.05) is 18.0 Å². The molecule has 204 valence electrons. The van der Waals surface area contributed by atoms with Crippen LogP contribution in [0, 0.1) is 6.92 Å². The zero-order valence-corrected chi connectivity index (χ0v) is 23.9. The number of likely N-dealkylation sites (tertiary alicyclic amines) is 1. The number of piperidine rings is 1. The Morgan fingerprint density at radius 3 is 2.29 bits per heavy atom. The van der Waals surface area contributed by atoms with E-state index in [9.17, 15) is 9.59 Å². The molecule has 1 atom stereocenters. The van der Waals surface area contributed by atoms with Crippen molar-refractivity contribution < 1.29 is 23.6 Å². The van der Waals surface area contributed by atoms with E-state index in [1.54, 1.807) is 16.0 Å². The van der Waals surface area contributed by atoms with Crippen LogP contribution < -0.4 is 10.4 Å². The highest BCUT2D eigenvalue weighted by Gasteiger charge is 2.51. The molecule has 0 saturated carbocycles. The fourth-order valence-electron chi connectivity index (χ4n) is 4.72. The van der Waals surface area contributed by atoms with Crippen LogP contribution in [-0.2, 0) is 14.0 Å². The van der Waals surface area contributed by atoms with Crippen LogP contribution in [0.3, 0.4) is 0 Å². The highest BCUT2D eigenvalue weighted by Crippen LogP contribution is 2.36. The first-order valence-corrected chi connectivity index (χ1v) is 13.4. The fourth-order valence-corrected chi connectivity index (χ4v) is 4.72. The number of nitrogens with zero attached hydrogens (tertiary/aromatic N) is 3. The van der Waals surface area contributed by atoms with Crippen molar-refractivity contribution in [1.82, 2.24) is 9.88 Å². The zero-order chi connectivity index (χ0) is 27.9. The Morgan fingerprint density at radius 2 is 1.71 bits per heavy atom. The second kappa shape index (κ2) is 10.3. The van der Waals surface area contributed by atoms with E-state index in [4.69, 9.17) is 14.0 Å². The Morgan fingerprint density at radius 1 is 1.08 bits per heavy atom. The van der Waals surface area contributed by atoms with E-state index in [-0.39, 0.29) is 18.0 Å². The van der Waals surface area contributed by atoms with Gasteiger partial charge in [0.15, 0.2) is 0 Å². The Hall–Kier alpha value is -2.91. The topological polar surface area (TPSA) is 81.2 Å². The van der Waals surface area contributed by atoms with Gasteiger partial charge in [0.05, 0.1) is 17.2 Å². The van der Waals surface area contributed by atoms with Crippen molar-refractivity contribution in [3.63, 3.8) is 0 Å². The Kier molecular flexibility index (Phi) is 7.65. The van der Waals surface area contributed by atoms with Gasteiger partial charge in [0.1, 0.15) is 11.4 Å². The van der Waals surface area contributed by atoms with Gasteiger partial charge >= 0.3 is 13.2 Å². The van der Waals surface area contributed by atoms with Crippen LogP contribution >= 0.6 is 0 Å². The molecule has 8 nitrogen and oxygen atoms in total. The number of anilines is 1. The summed E-state index contributed by atoms with van der Waals surface area (Å²) >= 11 is 0. The lowest BCUT2D eigenvalue weighted by Crippen LogP contribution is -2.53. The molecule has 3 heterocycles. The lowest BCUT2D eigenvalue weighted by Gasteiger charge is -2.39. The van der Waals surface area contributed by atoms with Gasteiger partial charge in [-0.15, -0.1) is 0 Å². The molecule has 1 aromatic carbocycles. The lowest BCUT2D eigenvalue weighted by molar-refractivity contribution is 0.00578. The molecule has 0 bridgehead atoms. The molecule has 2 saturated heterocycles. The van der Waals surface area contributed by atoms with E-state index in [1.807, 2.05) is 91.8 Å². The molecule has 4 rings (SSSR count). The van der Waals surface area contributed by atoms with Crippen molar-refractivity contribution >= 4 is 30.4 Å². The van der Waals surface area contributed by atoms with E-state index in [0.29, 0.717) is 24.5 Å². The first kappa shape index (κ1) is 28.1. The Labute approximate surface area is 226 Å². The van der Waals surface area contributed by atoms with Crippen LogP contribution in [0.5, 0.6) is 0 Å². The van der Waals surface area contributed by atoms with E-state index < -0.39 is 23.9 Å². The summed E-state index contributed by atoms with van der Waals surface area (Å²) in [6.45, 7) is 16.5. The minimum Gasteiger partial charge on any atom is -0.444 e. The summed E-state index contributed by atoms with van der Waals surface area (Å²) in [5.41, 5.74) is 0.806. The first-order valence-electron chi connectivity index (χ1n) is 13.4. The third kappa shape index (κ3) is 5.89. The second-order valence-electron chi connectivity index (χ2n) is 12.3. The summed E-state index contributed by atoms with van der Waals surface area (Å²) in [7, 11) is -0.501. The van der Waals surface area contributed by atoms with Gasteiger partial charge in [0.2, 0.25) is 0 Å². The molecule has 2 amide bonds. The summed E-state index contributed by atoms with van der Waals surface area (Å²) in [6, 6.07) is 10.9. The standard InChI is InChI=1S/C29H40BN3O5/c1-20-11-9-17-31-24(20)33(23-12-10-18-32(19-23)26(35)36-27(2,3)4)25(34)21-13-15-22(16-14-21)30-37-28(5,6)29(7,8)38-30/h9,11,13-17,23H,10,12,18-19H2,1-8H3. The van der Waals surface area contributed by atoms with Gasteiger partial charge in [-0.3, -0.25) is 9.69 Å². The van der Waals surface area contributed by atoms with Crippen LogP contribution in [-0.4, -0.2) is 64.9 Å². The molecule has 0 aliphatic carbocycles. The number of benzene rings is 1. The third-order valence-electron chi connectivity index (χ3n) is 7.53. The number of carbonyl (C=O) groups excluding carboxylic acids is 2. The predicted molar refractivity (Wildman–Crippen MR) is 149 cm³/mol. The molecule has 0 N–H and O–H groups in total. The molecule has 0 spiro atoms. The first-order chi connectivity index (χ1) is 17.7. The van der Waals surface area contributed by atoms with Crippen molar-refractivity contribution in [1.29, 1.82) is 0 Å². The van der Waals surface area contributed by atoms with E-state index in [2.05, 4.69) is 4.98 Å². The average Bonchev–Trinajstić information content (AvgIpc) is 3.06. The van der Waals surface area contributed by atoms with Crippen LogP contribution in [0.2, 0.25) is 0 Å². The van der Waals surface area contributed by atoms with Gasteiger partial charge in [0, 0.05) is 24.8 Å². The van der Waals surface area contributed by atoms with E-state index >= 15 is 0 Å². The molecule has 38 heavy (non-hydrogen) atoms. The highest BCUT2D eigenvalue weighted by atomic mass is 16.7. The van der Waals surface area contributed by atoms with Gasteiger partial charge in [0.25, 0.3) is 5.91 Å². The van der Waals surface area contributed by atoms with Crippen LogP contribution in [0.4, 0.5) is 10.6 Å². The average molecular weight is 521 g/mol. The highest BCUT2D eigenvalue weighted by molar-refractivity contribution is 6.62. The quantitative estimate of drug-likeness (QED) is 0.541. The number of ether oxygens (including phenoxy) is 1. The van der Waals surface area contributed by atoms with Gasteiger partial charge in [-0.25, -0.2) is 9.78 Å². The van der Waals surface area contributed by atoms with Crippen LogP contribution in [0.25, 0.3) is 0 Å². The summed E-state index contributed by atoms with van der Waals surface area (Å²) in [5, 5.41) is 0. The molecule has 1 unspecified atom stereocenters. The maximum absolute atomic E-state index is 14.0. The molecule has 1 aromatic heterocycles. The number of aryl methyl sites for hydroxylation is 1. The number of rotatable bonds is 4. The number of hydrogen-bond acceptors (Lipinski definition) is 6. The van der Waals surface area contributed by atoms with Crippen LogP contribution in [0.1, 0.15) is 77.2 Å². The Bertz CT molecular complexity index is 1160. The zero-order valence-electron chi connectivity index (χ0n) is 23.9. The van der Waals surface area contributed by atoms with Gasteiger partial charge < -0.3 is 18.9 Å². The van der Waals surface area contributed by atoms with E-state index in [1.165, 1.54) is 0 Å². The second-order valence-corrected chi connectivity index (χ2v) is 12.3. The molecular weight excluding hydrogens is 481 g/mol. The number of carbonyl (C=O) groups is 2. The largest absolute Gasteiger partial charge is 0.494 e. The smallest absolute Gasteiger partial charge is 0.444 e. The van der Waals surface area contributed by atoms with Gasteiger partial charge in [-0.05, 0) is 97.5 Å². The van der Waals surface area contributed by atoms with Crippen LogP contribution in [0.15, 0.2) is 42.6 Å². The maximum Gasteiger partial charge on any atom is 0.494 e. The summed E-state index contributed by atoms with van der Waals surface area (Å²) in [6.07, 6.45) is 2.85. The molecule has 2 aliphatic heterocycles. The third-order valence-corrected chi connectivity index (χ3v) is 7.53. The molecule has 2 fully saturated rings. The molecule has 2 aromatic rings. The Balaban J connectivity index is 1.60. The maximum atomic E-state index is 14.0. The predicted octanol–water partition coefficient (Wildman–Crippen LogP) is 4.74. The fraction of sp³-hybridized carbons (Fsp3) is 0.552. The minimum atomic E-state index is -0.587. The lowest BCUT2D eigenvalue weighted by atomic mass is 9.79. The van der Waals surface area contributed by atoms with Crippen molar-refractivity contribution in [2.24, 2.45) is 0 Å². The molecule has 0 radical (unpaired) electrons. The summed E-state index contributed by atoms with van der Waals surface area (Å²) < 4.78 is 18.0. The minimum absolute atomic E-state index is 0.164. The van der Waals surface area contributed by atoms with Crippen molar-refractivity contribution in [2.45, 2.75) is 91.1 Å². The number of amides is 2.